The van der Waals surface area contributed by atoms with Crippen LogP contribution in [0.3, 0.4) is 0 Å². The topological polar surface area (TPSA) is 43.8 Å². The second-order valence-electron chi connectivity index (χ2n) is 3.30. The molecule has 4 heteroatoms. The lowest BCUT2D eigenvalue weighted by Gasteiger charge is -1.99. The maximum atomic E-state index is 5.52. The molecule has 2 rings (SSSR count). The zero-order chi connectivity index (χ0) is 10.1. The van der Waals surface area contributed by atoms with E-state index in [-0.39, 0.29) is 0 Å². The molecule has 0 spiro atoms. The van der Waals surface area contributed by atoms with Gasteiger partial charge in [0.1, 0.15) is 4.60 Å². The molecule has 0 aliphatic rings. The first-order valence-electron chi connectivity index (χ1n) is 4.53. The molecule has 1 heterocycles. The van der Waals surface area contributed by atoms with E-state index in [1.807, 2.05) is 11.7 Å². The lowest BCUT2D eigenvalue weighted by molar-refractivity contribution is 0.788. The average Bonchev–Trinajstić information content (AvgIpc) is 2.43. The number of nitrogens with zero attached hydrogens (tertiary/aromatic N) is 2. The molecule has 0 saturated carbocycles. The van der Waals surface area contributed by atoms with Gasteiger partial charge in [-0.2, -0.15) is 5.10 Å². The van der Waals surface area contributed by atoms with E-state index in [1.165, 1.54) is 5.56 Å². The van der Waals surface area contributed by atoms with Crippen LogP contribution in [0, 0.1) is 0 Å². The number of fused-ring (bicyclic) bond motifs is 1. The van der Waals surface area contributed by atoms with Gasteiger partial charge in [0.05, 0.1) is 5.52 Å². The van der Waals surface area contributed by atoms with Crippen LogP contribution in [0.1, 0.15) is 5.56 Å². The van der Waals surface area contributed by atoms with Crippen LogP contribution >= 0.6 is 15.9 Å². The number of benzene rings is 1. The van der Waals surface area contributed by atoms with Crippen LogP contribution in [0.25, 0.3) is 10.9 Å². The minimum Gasteiger partial charge on any atom is -0.330 e. The fourth-order valence-corrected chi connectivity index (χ4v) is 2.15. The predicted molar refractivity (Wildman–Crippen MR) is 61.2 cm³/mol. The lowest BCUT2D eigenvalue weighted by Crippen LogP contribution is -2.02. The fraction of sp³-hybridized carbons (Fsp3) is 0.300. The summed E-state index contributed by atoms with van der Waals surface area (Å²) in [6.07, 6.45) is 0.914. The third-order valence-corrected chi connectivity index (χ3v) is 2.89. The lowest BCUT2D eigenvalue weighted by atomic mass is 10.1. The SMILES string of the molecule is Cn1nc(Br)c2cc(CCN)ccc21. The van der Waals surface area contributed by atoms with Gasteiger partial charge in [-0.1, -0.05) is 6.07 Å². The smallest absolute Gasteiger partial charge is 0.135 e. The summed E-state index contributed by atoms with van der Waals surface area (Å²) in [6, 6.07) is 6.32. The molecule has 0 amide bonds. The molecule has 74 valence electrons. The number of aromatic nitrogens is 2. The van der Waals surface area contributed by atoms with Gasteiger partial charge in [0.2, 0.25) is 0 Å². The number of hydrogen-bond acceptors (Lipinski definition) is 2. The molecule has 0 saturated heterocycles. The van der Waals surface area contributed by atoms with E-state index < -0.39 is 0 Å². The first kappa shape index (κ1) is 9.68. The summed E-state index contributed by atoms with van der Waals surface area (Å²) in [4.78, 5) is 0. The number of hydrogen-bond donors (Lipinski definition) is 1. The van der Waals surface area contributed by atoms with Crippen molar-refractivity contribution in [2.45, 2.75) is 6.42 Å². The Morgan fingerprint density at radius 2 is 2.29 bits per heavy atom. The Bertz CT molecular complexity index is 462. The second kappa shape index (κ2) is 3.71. The summed E-state index contributed by atoms with van der Waals surface area (Å²) in [6.45, 7) is 0.684. The summed E-state index contributed by atoms with van der Waals surface area (Å²) >= 11 is 3.44. The quantitative estimate of drug-likeness (QED) is 0.888. The monoisotopic (exact) mass is 253 g/mol. The molecule has 1 aromatic carbocycles. The van der Waals surface area contributed by atoms with Gasteiger partial charge in [-0.3, -0.25) is 4.68 Å². The third-order valence-electron chi connectivity index (χ3n) is 2.30. The maximum absolute atomic E-state index is 5.52. The molecular weight excluding hydrogens is 242 g/mol. The van der Waals surface area contributed by atoms with Crippen molar-refractivity contribution in [2.24, 2.45) is 12.8 Å². The zero-order valence-corrected chi connectivity index (χ0v) is 9.58. The minimum absolute atomic E-state index is 0.684. The summed E-state index contributed by atoms with van der Waals surface area (Å²) in [5, 5.41) is 5.44. The van der Waals surface area contributed by atoms with Crippen molar-refractivity contribution in [1.82, 2.24) is 9.78 Å². The van der Waals surface area contributed by atoms with E-state index in [1.54, 1.807) is 0 Å². The molecule has 0 unspecified atom stereocenters. The second-order valence-corrected chi connectivity index (χ2v) is 4.06. The van der Waals surface area contributed by atoms with Crippen LogP contribution in [0.5, 0.6) is 0 Å². The van der Waals surface area contributed by atoms with E-state index >= 15 is 0 Å². The molecule has 0 fully saturated rings. The Kier molecular flexibility index (Phi) is 2.56. The minimum atomic E-state index is 0.684. The van der Waals surface area contributed by atoms with E-state index in [0.717, 1.165) is 21.9 Å². The first-order chi connectivity index (χ1) is 6.72. The van der Waals surface area contributed by atoms with E-state index in [0.29, 0.717) is 6.54 Å². The molecule has 0 aliphatic carbocycles. The van der Waals surface area contributed by atoms with Crippen LogP contribution < -0.4 is 5.73 Å². The standard InChI is InChI=1S/C10H12BrN3/c1-14-9-3-2-7(4-5-12)6-8(9)10(11)13-14/h2-3,6H,4-5,12H2,1H3. The highest BCUT2D eigenvalue weighted by molar-refractivity contribution is 9.10. The Morgan fingerprint density at radius 3 is 3.00 bits per heavy atom. The normalized spacial score (nSPS) is 11.1. The van der Waals surface area contributed by atoms with Crippen LogP contribution in [0.2, 0.25) is 0 Å². The number of aryl methyl sites for hydroxylation is 1. The molecule has 0 bridgehead atoms. The van der Waals surface area contributed by atoms with Crippen molar-refractivity contribution in [3.8, 4) is 0 Å². The fourth-order valence-electron chi connectivity index (χ4n) is 1.59. The molecule has 14 heavy (non-hydrogen) atoms. The van der Waals surface area contributed by atoms with Crippen LogP contribution in [0.4, 0.5) is 0 Å². The van der Waals surface area contributed by atoms with Crippen molar-refractivity contribution in [2.75, 3.05) is 6.54 Å². The van der Waals surface area contributed by atoms with Gasteiger partial charge in [-0.25, -0.2) is 0 Å². The Hall–Kier alpha value is -0.870. The van der Waals surface area contributed by atoms with Crippen LogP contribution in [-0.4, -0.2) is 16.3 Å². The Labute approximate surface area is 91.0 Å². The number of halogens is 1. The number of rotatable bonds is 2. The summed E-state index contributed by atoms with van der Waals surface area (Å²) in [5.41, 5.74) is 7.91. The van der Waals surface area contributed by atoms with Crippen LogP contribution in [0.15, 0.2) is 22.8 Å². The van der Waals surface area contributed by atoms with E-state index in [4.69, 9.17) is 5.73 Å². The molecule has 0 atom stereocenters. The van der Waals surface area contributed by atoms with Gasteiger partial charge in [-0.05, 0) is 46.6 Å². The maximum Gasteiger partial charge on any atom is 0.135 e. The Balaban J connectivity index is 2.59. The molecule has 2 aromatic rings. The predicted octanol–water partition coefficient (Wildman–Crippen LogP) is 1.84. The van der Waals surface area contributed by atoms with Crippen molar-refractivity contribution < 1.29 is 0 Å². The van der Waals surface area contributed by atoms with Gasteiger partial charge in [0, 0.05) is 12.4 Å². The van der Waals surface area contributed by atoms with E-state index in [9.17, 15) is 0 Å². The van der Waals surface area contributed by atoms with Gasteiger partial charge >= 0.3 is 0 Å². The molecule has 0 radical (unpaired) electrons. The highest BCUT2D eigenvalue weighted by atomic mass is 79.9. The molecule has 2 N–H and O–H groups in total. The highest BCUT2D eigenvalue weighted by Crippen LogP contribution is 2.23. The van der Waals surface area contributed by atoms with E-state index in [2.05, 4.69) is 39.2 Å². The first-order valence-corrected chi connectivity index (χ1v) is 5.33. The molecule has 0 aliphatic heterocycles. The highest BCUT2D eigenvalue weighted by Gasteiger charge is 2.05. The number of nitrogens with two attached hydrogens (primary N) is 1. The third kappa shape index (κ3) is 1.55. The van der Waals surface area contributed by atoms with Crippen molar-refractivity contribution in [3.05, 3.63) is 28.4 Å². The molecule has 1 aromatic heterocycles. The van der Waals surface area contributed by atoms with Gasteiger partial charge in [0.25, 0.3) is 0 Å². The Morgan fingerprint density at radius 1 is 1.50 bits per heavy atom. The summed E-state index contributed by atoms with van der Waals surface area (Å²) in [5.74, 6) is 0. The molecule has 3 nitrogen and oxygen atoms in total. The summed E-state index contributed by atoms with van der Waals surface area (Å²) in [7, 11) is 1.94. The van der Waals surface area contributed by atoms with Crippen molar-refractivity contribution in [1.29, 1.82) is 0 Å². The van der Waals surface area contributed by atoms with Crippen LogP contribution in [-0.2, 0) is 13.5 Å². The van der Waals surface area contributed by atoms with Crippen molar-refractivity contribution in [3.63, 3.8) is 0 Å². The van der Waals surface area contributed by atoms with Crippen molar-refractivity contribution >= 4 is 26.8 Å². The van der Waals surface area contributed by atoms with Gasteiger partial charge < -0.3 is 5.73 Å². The summed E-state index contributed by atoms with van der Waals surface area (Å²) < 4.78 is 2.76. The average molecular weight is 254 g/mol. The van der Waals surface area contributed by atoms with Gasteiger partial charge in [0.15, 0.2) is 0 Å². The molecular formula is C10H12BrN3. The largest absolute Gasteiger partial charge is 0.330 e. The van der Waals surface area contributed by atoms with Gasteiger partial charge in [-0.15, -0.1) is 0 Å². The zero-order valence-electron chi connectivity index (χ0n) is 8.00.